The minimum absolute atomic E-state index is 0.233. The zero-order chi connectivity index (χ0) is 8.97. The van der Waals surface area contributed by atoms with Crippen molar-refractivity contribution in [1.82, 2.24) is 4.90 Å². The molecule has 72 valence electrons. The molecule has 2 atom stereocenters. The van der Waals surface area contributed by atoms with E-state index in [1.54, 1.807) is 0 Å². The Morgan fingerprint density at radius 1 is 1.50 bits per heavy atom. The van der Waals surface area contributed by atoms with Gasteiger partial charge in [-0.1, -0.05) is 0 Å². The lowest BCUT2D eigenvalue weighted by Gasteiger charge is -2.20. The summed E-state index contributed by atoms with van der Waals surface area (Å²) in [6, 6.07) is 0.233. The zero-order valence-electron chi connectivity index (χ0n) is 7.66. The summed E-state index contributed by atoms with van der Waals surface area (Å²) < 4.78 is 11.2. The van der Waals surface area contributed by atoms with Gasteiger partial charge in [-0.15, -0.1) is 0 Å². The van der Waals surface area contributed by atoms with E-state index in [9.17, 15) is 4.21 Å². The maximum Gasteiger partial charge on any atom is 0.0362 e. The fraction of sp³-hybridized carbons (Fsp3) is 1.00. The third-order valence-corrected chi connectivity index (χ3v) is 3.41. The summed E-state index contributed by atoms with van der Waals surface area (Å²) in [6.07, 6.45) is 1.05. The van der Waals surface area contributed by atoms with E-state index in [1.807, 2.05) is 6.92 Å². The highest BCUT2D eigenvalue weighted by atomic mass is 32.2. The number of nitrogens with two attached hydrogens (primary N) is 1. The molecular weight excluding hydrogens is 172 g/mol. The highest BCUT2D eigenvalue weighted by molar-refractivity contribution is 7.85. The topological polar surface area (TPSA) is 46.3 Å². The summed E-state index contributed by atoms with van der Waals surface area (Å²) in [7, 11) is -0.576. The first-order valence-electron chi connectivity index (χ1n) is 4.51. The van der Waals surface area contributed by atoms with Crippen molar-refractivity contribution < 1.29 is 4.21 Å². The summed E-state index contributed by atoms with van der Waals surface area (Å²) >= 11 is 0. The standard InChI is InChI=1S/C8H18N2OS/c1-8(9)7-10-3-2-5-12(11)6-4-10/h8H,2-7,9H2,1H3/t8-,12?/m0/s1. The van der Waals surface area contributed by atoms with Crippen LogP contribution in [-0.4, -0.2) is 46.3 Å². The lowest BCUT2D eigenvalue weighted by atomic mass is 10.3. The van der Waals surface area contributed by atoms with Gasteiger partial charge in [0.15, 0.2) is 0 Å². The Hall–Kier alpha value is 0.0700. The van der Waals surface area contributed by atoms with Crippen LogP contribution in [-0.2, 0) is 10.8 Å². The minimum atomic E-state index is -0.576. The van der Waals surface area contributed by atoms with Crippen LogP contribution in [0.1, 0.15) is 13.3 Å². The molecule has 1 aliphatic heterocycles. The van der Waals surface area contributed by atoms with E-state index in [-0.39, 0.29) is 6.04 Å². The third kappa shape index (κ3) is 3.65. The summed E-state index contributed by atoms with van der Waals surface area (Å²) in [5.41, 5.74) is 5.69. The molecule has 1 aliphatic rings. The zero-order valence-corrected chi connectivity index (χ0v) is 8.48. The molecule has 2 N–H and O–H groups in total. The second-order valence-corrected chi connectivity index (χ2v) is 5.18. The predicted octanol–water partition coefficient (Wildman–Crippen LogP) is -0.212. The van der Waals surface area contributed by atoms with E-state index in [0.29, 0.717) is 0 Å². The first-order chi connectivity index (χ1) is 5.68. The van der Waals surface area contributed by atoms with Crippen LogP contribution in [0.2, 0.25) is 0 Å². The lowest BCUT2D eigenvalue weighted by molar-refractivity contribution is 0.281. The first-order valence-corrected chi connectivity index (χ1v) is 6.00. The Kier molecular flexibility index (Phi) is 4.18. The molecule has 0 aliphatic carbocycles. The van der Waals surface area contributed by atoms with Crippen LogP contribution in [0.4, 0.5) is 0 Å². The molecule has 12 heavy (non-hydrogen) atoms. The average molecular weight is 190 g/mol. The molecule has 1 saturated heterocycles. The normalized spacial score (nSPS) is 29.7. The van der Waals surface area contributed by atoms with Gasteiger partial charge in [-0.25, -0.2) is 0 Å². The van der Waals surface area contributed by atoms with Crippen molar-refractivity contribution in [3.05, 3.63) is 0 Å². The molecule has 0 aromatic rings. The SMILES string of the molecule is C[C@H](N)CN1CCCS(=O)CC1. The van der Waals surface area contributed by atoms with Crippen LogP contribution in [0.25, 0.3) is 0 Å². The average Bonchev–Trinajstić information content (AvgIpc) is 2.15. The molecule has 0 bridgehead atoms. The van der Waals surface area contributed by atoms with Gasteiger partial charge in [-0.05, 0) is 19.9 Å². The van der Waals surface area contributed by atoms with Crippen LogP contribution in [0.15, 0.2) is 0 Å². The Labute approximate surface area is 76.8 Å². The van der Waals surface area contributed by atoms with Gasteiger partial charge in [0, 0.05) is 41.4 Å². The predicted molar refractivity (Wildman–Crippen MR) is 52.6 cm³/mol. The fourth-order valence-corrected chi connectivity index (χ4v) is 2.60. The van der Waals surface area contributed by atoms with Crippen molar-refractivity contribution in [2.75, 3.05) is 31.1 Å². The largest absolute Gasteiger partial charge is 0.327 e. The quantitative estimate of drug-likeness (QED) is 0.655. The Bertz CT molecular complexity index is 161. The summed E-state index contributed by atoms with van der Waals surface area (Å²) in [5.74, 6) is 1.70. The highest BCUT2D eigenvalue weighted by Crippen LogP contribution is 2.01. The van der Waals surface area contributed by atoms with E-state index in [2.05, 4.69) is 4.90 Å². The molecular formula is C8H18N2OS. The van der Waals surface area contributed by atoms with Crippen molar-refractivity contribution >= 4 is 10.8 Å². The van der Waals surface area contributed by atoms with E-state index in [0.717, 1.165) is 37.6 Å². The molecule has 0 amide bonds. The van der Waals surface area contributed by atoms with Crippen molar-refractivity contribution in [2.45, 2.75) is 19.4 Å². The molecule has 4 heteroatoms. The van der Waals surface area contributed by atoms with Crippen LogP contribution >= 0.6 is 0 Å². The van der Waals surface area contributed by atoms with E-state index in [4.69, 9.17) is 5.73 Å². The maximum absolute atomic E-state index is 11.2. The molecule has 0 spiro atoms. The number of rotatable bonds is 2. The highest BCUT2D eigenvalue weighted by Gasteiger charge is 2.13. The lowest BCUT2D eigenvalue weighted by Crippen LogP contribution is -2.37. The Balaban J connectivity index is 2.30. The molecule has 0 saturated carbocycles. The van der Waals surface area contributed by atoms with E-state index < -0.39 is 10.8 Å². The number of hydrogen-bond donors (Lipinski definition) is 1. The Morgan fingerprint density at radius 2 is 2.25 bits per heavy atom. The van der Waals surface area contributed by atoms with Gasteiger partial charge in [-0.2, -0.15) is 0 Å². The fourth-order valence-electron chi connectivity index (χ4n) is 1.48. The van der Waals surface area contributed by atoms with Crippen molar-refractivity contribution in [2.24, 2.45) is 5.73 Å². The molecule has 3 nitrogen and oxygen atoms in total. The molecule has 0 radical (unpaired) electrons. The van der Waals surface area contributed by atoms with Gasteiger partial charge in [0.1, 0.15) is 0 Å². The Morgan fingerprint density at radius 3 is 2.92 bits per heavy atom. The van der Waals surface area contributed by atoms with Gasteiger partial charge in [0.25, 0.3) is 0 Å². The van der Waals surface area contributed by atoms with E-state index in [1.165, 1.54) is 0 Å². The van der Waals surface area contributed by atoms with Gasteiger partial charge in [-0.3, -0.25) is 4.21 Å². The molecule has 1 heterocycles. The molecule has 0 aromatic carbocycles. The van der Waals surface area contributed by atoms with Gasteiger partial charge in [0.05, 0.1) is 0 Å². The summed E-state index contributed by atoms with van der Waals surface area (Å²) in [6.45, 7) is 4.97. The third-order valence-electron chi connectivity index (χ3n) is 2.03. The molecule has 1 rings (SSSR count). The van der Waals surface area contributed by atoms with Crippen LogP contribution in [0.3, 0.4) is 0 Å². The number of hydrogen-bond acceptors (Lipinski definition) is 3. The van der Waals surface area contributed by atoms with Gasteiger partial charge < -0.3 is 10.6 Å². The van der Waals surface area contributed by atoms with E-state index >= 15 is 0 Å². The second kappa shape index (κ2) is 4.94. The van der Waals surface area contributed by atoms with Crippen molar-refractivity contribution in [3.8, 4) is 0 Å². The summed E-state index contributed by atoms with van der Waals surface area (Å²) in [5, 5.41) is 0. The first kappa shape index (κ1) is 10.2. The smallest absolute Gasteiger partial charge is 0.0362 e. The van der Waals surface area contributed by atoms with Gasteiger partial charge >= 0.3 is 0 Å². The monoisotopic (exact) mass is 190 g/mol. The van der Waals surface area contributed by atoms with Crippen LogP contribution < -0.4 is 5.73 Å². The van der Waals surface area contributed by atoms with Crippen LogP contribution in [0.5, 0.6) is 0 Å². The summed E-state index contributed by atoms with van der Waals surface area (Å²) in [4.78, 5) is 2.32. The van der Waals surface area contributed by atoms with Crippen LogP contribution in [0, 0.1) is 0 Å². The minimum Gasteiger partial charge on any atom is -0.327 e. The molecule has 1 fully saturated rings. The maximum atomic E-state index is 11.2. The second-order valence-electron chi connectivity index (χ2n) is 3.48. The molecule has 0 aromatic heterocycles. The number of nitrogens with zero attached hydrogens (tertiary/aromatic N) is 1. The van der Waals surface area contributed by atoms with Crippen molar-refractivity contribution in [3.63, 3.8) is 0 Å². The van der Waals surface area contributed by atoms with Crippen molar-refractivity contribution in [1.29, 1.82) is 0 Å². The molecule has 1 unspecified atom stereocenters. The van der Waals surface area contributed by atoms with Gasteiger partial charge in [0.2, 0.25) is 0 Å².